The molecule has 0 atom stereocenters. The number of anilines is 1. The normalized spacial score (nSPS) is 10.3. The molecule has 0 saturated heterocycles. The van der Waals surface area contributed by atoms with Gasteiger partial charge in [-0.1, -0.05) is 18.2 Å². The van der Waals surface area contributed by atoms with Crippen LogP contribution in [0.2, 0.25) is 0 Å². The molecule has 0 unspecified atom stereocenters. The van der Waals surface area contributed by atoms with Crippen molar-refractivity contribution in [2.45, 2.75) is 13.5 Å². The van der Waals surface area contributed by atoms with Crippen LogP contribution < -0.4 is 5.32 Å². The predicted molar refractivity (Wildman–Crippen MR) is 85.0 cm³/mol. The minimum absolute atomic E-state index is 0.665. The van der Waals surface area contributed by atoms with Crippen molar-refractivity contribution in [2.24, 2.45) is 0 Å². The molecular formula is C18H15N3. The van der Waals surface area contributed by atoms with E-state index in [1.807, 2.05) is 37.3 Å². The molecule has 0 bridgehead atoms. The highest BCUT2D eigenvalue weighted by Gasteiger charge is 1.99. The standard InChI is InChI=1S/C18H15N3/c1-13-5-7-16-9-15(6-8-18(16)21-13)12-20-17-4-2-3-14(10-17)11-19/h2-10,20H,12H2,1H3. The number of benzene rings is 2. The van der Waals surface area contributed by atoms with Crippen molar-refractivity contribution >= 4 is 16.6 Å². The molecule has 0 spiro atoms. The van der Waals surface area contributed by atoms with E-state index in [4.69, 9.17) is 5.26 Å². The average molecular weight is 273 g/mol. The lowest BCUT2D eigenvalue weighted by Crippen LogP contribution is -1.99. The van der Waals surface area contributed by atoms with Crippen LogP contribution in [-0.2, 0) is 6.54 Å². The molecule has 0 amide bonds. The molecule has 1 aromatic heterocycles. The summed E-state index contributed by atoms with van der Waals surface area (Å²) in [5.74, 6) is 0. The second-order valence-corrected chi connectivity index (χ2v) is 5.03. The number of aryl methyl sites for hydroxylation is 1. The lowest BCUT2D eigenvalue weighted by atomic mass is 10.1. The van der Waals surface area contributed by atoms with Gasteiger partial charge in [0.15, 0.2) is 0 Å². The minimum atomic E-state index is 0.665. The summed E-state index contributed by atoms with van der Waals surface area (Å²) >= 11 is 0. The number of nitriles is 1. The lowest BCUT2D eigenvalue weighted by Gasteiger charge is -2.08. The number of rotatable bonds is 3. The Bertz CT molecular complexity index is 831. The summed E-state index contributed by atoms with van der Waals surface area (Å²) in [6.45, 7) is 2.72. The van der Waals surface area contributed by atoms with Crippen LogP contribution in [0.4, 0.5) is 5.69 Å². The second-order valence-electron chi connectivity index (χ2n) is 5.03. The molecule has 0 aliphatic heterocycles. The fourth-order valence-corrected chi connectivity index (χ4v) is 2.29. The van der Waals surface area contributed by atoms with Crippen LogP contribution in [0, 0.1) is 18.3 Å². The van der Waals surface area contributed by atoms with Crippen molar-refractivity contribution in [3.63, 3.8) is 0 Å². The van der Waals surface area contributed by atoms with Crippen LogP contribution in [-0.4, -0.2) is 4.98 Å². The Kier molecular flexibility index (Phi) is 3.53. The van der Waals surface area contributed by atoms with Gasteiger partial charge in [-0.15, -0.1) is 0 Å². The van der Waals surface area contributed by atoms with Crippen LogP contribution in [0.3, 0.4) is 0 Å². The molecular weight excluding hydrogens is 258 g/mol. The highest BCUT2D eigenvalue weighted by molar-refractivity contribution is 5.79. The number of pyridine rings is 1. The molecule has 0 fully saturated rings. The third-order valence-corrected chi connectivity index (χ3v) is 3.38. The quantitative estimate of drug-likeness (QED) is 0.783. The summed E-state index contributed by atoms with van der Waals surface area (Å²) in [4.78, 5) is 4.50. The Balaban J connectivity index is 1.78. The summed E-state index contributed by atoms with van der Waals surface area (Å²) in [7, 11) is 0. The fraction of sp³-hybridized carbons (Fsp3) is 0.111. The maximum atomic E-state index is 8.90. The number of nitrogens with zero attached hydrogens (tertiary/aromatic N) is 2. The van der Waals surface area contributed by atoms with Crippen LogP contribution in [0.5, 0.6) is 0 Å². The molecule has 2 aromatic carbocycles. The molecule has 21 heavy (non-hydrogen) atoms. The van der Waals surface area contributed by atoms with Gasteiger partial charge in [-0.25, -0.2) is 0 Å². The first-order valence-electron chi connectivity index (χ1n) is 6.85. The van der Waals surface area contributed by atoms with Crippen molar-refractivity contribution in [2.75, 3.05) is 5.32 Å². The maximum absolute atomic E-state index is 8.90. The van der Waals surface area contributed by atoms with Crippen LogP contribution in [0.25, 0.3) is 10.9 Å². The van der Waals surface area contributed by atoms with Crippen molar-refractivity contribution in [3.8, 4) is 6.07 Å². The Morgan fingerprint density at radius 3 is 2.86 bits per heavy atom. The van der Waals surface area contributed by atoms with Gasteiger partial charge >= 0.3 is 0 Å². The maximum Gasteiger partial charge on any atom is 0.0992 e. The fourth-order valence-electron chi connectivity index (χ4n) is 2.29. The van der Waals surface area contributed by atoms with E-state index in [1.54, 1.807) is 6.07 Å². The molecule has 3 rings (SSSR count). The van der Waals surface area contributed by atoms with Gasteiger partial charge in [0.25, 0.3) is 0 Å². The SMILES string of the molecule is Cc1ccc2cc(CNc3cccc(C#N)c3)ccc2n1. The molecule has 0 aliphatic rings. The first-order valence-corrected chi connectivity index (χ1v) is 6.85. The van der Waals surface area contributed by atoms with Crippen molar-refractivity contribution in [1.29, 1.82) is 5.26 Å². The molecule has 102 valence electrons. The minimum Gasteiger partial charge on any atom is -0.381 e. The van der Waals surface area contributed by atoms with Gasteiger partial charge in [-0.2, -0.15) is 5.26 Å². The highest BCUT2D eigenvalue weighted by Crippen LogP contribution is 2.16. The molecule has 3 heteroatoms. The molecule has 0 radical (unpaired) electrons. The summed E-state index contributed by atoms with van der Waals surface area (Å²) in [6.07, 6.45) is 0. The van der Waals surface area contributed by atoms with Crippen LogP contribution >= 0.6 is 0 Å². The molecule has 1 N–H and O–H groups in total. The van der Waals surface area contributed by atoms with Crippen molar-refractivity contribution < 1.29 is 0 Å². The zero-order chi connectivity index (χ0) is 14.7. The third-order valence-electron chi connectivity index (χ3n) is 3.38. The summed E-state index contributed by atoms with van der Waals surface area (Å²) in [5, 5.41) is 13.4. The van der Waals surface area contributed by atoms with Crippen molar-refractivity contribution in [1.82, 2.24) is 4.98 Å². The van der Waals surface area contributed by atoms with Gasteiger partial charge in [0.2, 0.25) is 0 Å². The molecule has 3 nitrogen and oxygen atoms in total. The first-order chi connectivity index (χ1) is 10.2. The van der Waals surface area contributed by atoms with E-state index in [0.717, 1.165) is 28.8 Å². The molecule has 1 heterocycles. The van der Waals surface area contributed by atoms with Gasteiger partial charge < -0.3 is 5.32 Å². The van der Waals surface area contributed by atoms with E-state index in [0.29, 0.717) is 5.56 Å². The first kappa shape index (κ1) is 13.1. The molecule has 0 saturated carbocycles. The number of fused-ring (bicyclic) bond motifs is 1. The summed E-state index contributed by atoms with van der Waals surface area (Å²) in [6, 6.07) is 20.0. The van der Waals surface area contributed by atoms with E-state index < -0.39 is 0 Å². The highest BCUT2D eigenvalue weighted by atomic mass is 14.9. The number of nitrogens with one attached hydrogen (secondary N) is 1. The van der Waals surface area contributed by atoms with Crippen LogP contribution in [0.1, 0.15) is 16.8 Å². The Morgan fingerprint density at radius 2 is 2.00 bits per heavy atom. The van der Waals surface area contributed by atoms with Gasteiger partial charge in [-0.3, -0.25) is 4.98 Å². The Labute approximate surface area is 123 Å². The van der Waals surface area contributed by atoms with Gasteiger partial charge in [-0.05, 0) is 48.9 Å². The van der Waals surface area contributed by atoms with E-state index in [9.17, 15) is 0 Å². The number of hydrogen-bond acceptors (Lipinski definition) is 3. The van der Waals surface area contributed by atoms with E-state index in [2.05, 4.69) is 34.6 Å². The predicted octanol–water partition coefficient (Wildman–Crippen LogP) is 4.03. The Hall–Kier alpha value is -2.86. The summed E-state index contributed by atoms with van der Waals surface area (Å²) in [5.41, 5.74) is 4.86. The zero-order valence-electron chi connectivity index (χ0n) is 11.8. The van der Waals surface area contributed by atoms with Crippen molar-refractivity contribution in [3.05, 3.63) is 71.4 Å². The van der Waals surface area contributed by atoms with E-state index in [1.165, 1.54) is 5.56 Å². The molecule has 3 aromatic rings. The number of hydrogen-bond donors (Lipinski definition) is 1. The Morgan fingerprint density at radius 1 is 1.10 bits per heavy atom. The van der Waals surface area contributed by atoms with Gasteiger partial charge in [0.1, 0.15) is 0 Å². The van der Waals surface area contributed by atoms with E-state index >= 15 is 0 Å². The topological polar surface area (TPSA) is 48.7 Å². The summed E-state index contributed by atoms with van der Waals surface area (Å²) < 4.78 is 0. The lowest BCUT2D eigenvalue weighted by molar-refractivity contribution is 1.15. The monoisotopic (exact) mass is 273 g/mol. The van der Waals surface area contributed by atoms with Crippen LogP contribution in [0.15, 0.2) is 54.6 Å². The van der Waals surface area contributed by atoms with Gasteiger partial charge in [0, 0.05) is 23.3 Å². The zero-order valence-corrected chi connectivity index (χ0v) is 11.8. The van der Waals surface area contributed by atoms with E-state index in [-0.39, 0.29) is 0 Å². The largest absolute Gasteiger partial charge is 0.381 e. The average Bonchev–Trinajstić information content (AvgIpc) is 2.53. The smallest absolute Gasteiger partial charge is 0.0992 e. The second kappa shape index (κ2) is 5.64. The number of aromatic nitrogens is 1. The van der Waals surface area contributed by atoms with Gasteiger partial charge in [0.05, 0.1) is 17.1 Å². The molecule has 0 aliphatic carbocycles. The third kappa shape index (κ3) is 3.01.